The van der Waals surface area contributed by atoms with Crippen LogP contribution in [0.25, 0.3) is 10.2 Å². The minimum Gasteiger partial charge on any atom is -0.342 e. The fourth-order valence-electron chi connectivity index (χ4n) is 4.16. The largest absolute Gasteiger partial charge is 0.342 e. The molecule has 0 unspecified atom stereocenters. The van der Waals surface area contributed by atoms with Crippen LogP contribution in [0.1, 0.15) is 50.5 Å². The van der Waals surface area contributed by atoms with Crippen LogP contribution >= 0.6 is 23.1 Å². The first-order chi connectivity index (χ1) is 12.8. The van der Waals surface area contributed by atoms with Crippen LogP contribution in [0.15, 0.2) is 9.95 Å². The van der Waals surface area contributed by atoms with Gasteiger partial charge in [-0.2, -0.15) is 0 Å². The highest BCUT2D eigenvalue weighted by atomic mass is 32.2. The summed E-state index contributed by atoms with van der Waals surface area (Å²) < 4.78 is 0. The second-order valence-corrected chi connectivity index (χ2v) is 10.8. The van der Waals surface area contributed by atoms with E-state index < -0.39 is 0 Å². The number of thiophene rings is 1. The average Bonchev–Trinajstić information content (AvgIpc) is 3.25. The van der Waals surface area contributed by atoms with Crippen LogP contribution in [0.4, 0.5) is 0 Å². The number of aryl methyl sites for hydroxylation is 1. The fraction of sp³-hybridized carbons (Fsp3) is 0.650. The van der Waals surface area contributed by atoms with Crippen molar-refractivity contribution < 1.29 is 4.79 Å². The molecular weight excluding hydrogens is 378 g/mol. The Bertz CT molecular complexity index is 920. The molecule has 0 saturated carbocycles. The summed E-state index contributed by atoms with van der Waals surface area (Å²) in [6.07, 6.45) is 5.31. The van der Waals surface area contributed by atoms with Gasteiger partial charge in [-0.15, -0.1) is 11.3 Å². The van der Waals surface area contributed by atoms with Crippen molar-refractivity contribution in [2.24, 2.45) is 11.3 Å². The highest BCUT2D eigenvalue weighted by Gasteiger charge is 2.31. The number of carbonyl (C=O) groups excluding carboxylic acids is 1. The third-order valence-corrected chi connectivity index (χ3v) is 7.92. The van der Waals surface area contributed by atoms with Crippen molar-refractivity contribution in [3.05, 3.63) is 20.8 Å². The molecule has 7 heteroatoms. The van der Waals surface area contributed by atoms with E-state index in [-0.39, 0.29) is 16.9 Å². The Balaban J connectivity index is 1.55. The van der Waals surface area contributed by atoms with E-state index in [0.717, 1.165) is 55.4 Å². The zero-order valence-electron chi connectivity index (χ0n) is 16.3. The summed E-state index contributed by atoms with van der Waals surface area (Å²) in [6, 6.07) is 0. The van der Waals surface area contributed by atoms with Gasteiger partial charge < -0.3 is 9.88 Å². The normalized spacial score (nSPS) is 20.3. The lowest BCUT2D eigenvalue weighted by molar-refractivity contribution is -0.127. The summed E-state index contributed by atoms with van der Waals surface area (Å²) >= 11 is 3.01. The van der Waals surface area contributed by atoms with Gasteiger partial charge in [0.1, 0.15) is 4.83 Å². The Morgan fingerprint density at radius 3 is 2.78 bits per heavy atom. The first kappa shape index (κ1) is 19.0. The van der Waals surface area contributed by atoms with E-state index in [1.165, 1.54) is 22.2 Å². The first-order valence-corrected chi connectivity index (χ1v) is 11.6. The zero-order chi connectivity index (χ0) is 19.2. The van der Waals surface area contributed by atoms with Crippen LogP contribution in [0.2, 0.25) is 0 Å². The minimum atomic E-state index is -0.0529. The highest BCUT2D eigenvalue weighted by molar-refractivity contribution is 7.99. The average molecular weight is 406 g/mol. The summed E-state index contributed by atoms with van der Waals surface area (Å²) in [7, 11) is 0. The predicted molar refractivity (Wildman–Crippen MR) is 112 cm³/mol. The standard InChI is InChI=1S/C20H27N3O2S2/c1-20(2,3)12-6-7-13-14(10-12)27-18-16(13)17(25)21-19(22-18)26-11-15(24)23-8-4-5-9-23/h12H,4-11H2,1-3H3,(H,21,22,25)/t12-/m1/s1. The van der Waals surface area contributed by atoms with Gasteiger partial charge in [-0.3, -0.25) is 9.59 Å². The third-order valence-electron chi connectivity index (χ3n) is 5.91. The maximum absolute atomic E-state index is 12.7. The van der Waals surface area contributed by atoms with Crippen LogP contribution in [-0.4, -0.2) is 39.6 Å². The lowest BCUT2D eigenvalue weighted by atomic mass is 9.72. The number of aromatic amines is 1. The van der Waals surface area contributed by atoms with E-state index in [4.69, 9.17) is 0 Å². The number of fused-ring (bicyclic) bond motifs is 3. The molecule has 1 fully saturated rings. The molecule has 5 nitrogen and oxygen atoms in total. The number of rotatable bonds is 3. The van der Waals surface area contributed by atoms with Gasteiger partial charge in [0.2, 0.25) is 5.91 Å². The molecule has 3 heterocycles. The molecule has 2 aromatic heterocycles. The fourth-order valence-corrected chi connectivity index (χ4v) is 6.28. The molecule has 1 aliphatic heterocycles. The topological polar surface area (TPSA) is 66.1 Å². The lowest BCUT2D eigenvalue weighted by Gasteiger charge is -2.33. The highest BCUT2D eigenvalue weighted by Crippen LogP contribution is 2.42. The van der Waals surface area contributed by atoms with Crippen LogP contribution in [0, 0.1) is 11.3 Å². The quantitative estimate of drug-likeness (QED) is 0.622. The maximum atomic E-state index is 12.7. The van der Waals surface area contributed by atoms with E-state index >= 15 is 0 Å². The summed E-state index contributed by atoms with van der Waals surface area (Å²) in [5.41, 5.74) is 1.43. The molecule has 1 aliphatic carbocycles. The monoisotopic (exact) mass is 405 g/mol. The number of amides is 1. The molecule has 27 heavy (non-hydrogen) atoms. The predicted octanol–water partition coefficient (Wildman–Crippen LogP) is 3.85. The Kier molecular flexibility index (Phi) is 5.10. The van der Waals surface area contributed by atoms with E-state index in [9.17, 15) is 9.59 Å². The van der Waals surface area contributed by atoms with Crippen LogP contribution in [0.3, 0.4) is 0 Å². The van der Waals surface area contributed by atoms with Gasteiger partial charge in [-0.05, 0) is 49.0 Å². The van der Waals surface area contributed by atoms with Crippen LogP contribution in [0.5, 0.6) is 0 Å². The second-order valence-electron chi connectivity index (χ2n) is 8.74. The Labute approximate surface area is 167 Å². The molecule has 1 saturated heterocycles. The molecule has 0 bridgehead atoms. The van der Waals surface area contributed by atoms with Crippen molar-refractivity contribution in [2.75, 3.05) is 18.8 Å². The molecule has 0 aromatic carbocycles. The lowest BCUT2D eigenvalue weighted by Crippen LogP contribution is -2.29. The molecule has 0 radical (unpaired) electrons. The number of likely N-dealkylation sites (tertiary alicyclic amines) is 1. The minimum absolute atomic E-state index is 0.0529. The molecule has 0 spiro atoms. The summed E-state index contributed by atoms with van der Waals surface area (Å²) in [4.78, 5) is 36.6. The number of H-pyrrole nitrogens is 1. The first-order valence-electron chi connectivity index (χ1n) is 9.78. The van der Waals surface area contributed by atoms with Gasteiger partial charge in [0.15, 0.2) is 5.16 Å². The second kappa shape index (κ2) is 7.24. The number of carbonyl (C=O) groups is 1. The molecule has 2 aliphatic rings. The van der Waals surface area contributed by atoms with Crippen molar-refractivity contribution in [1.82, 2.24) is 14.9 Å². The zero-order valence-corrected chi connectivity index (χ0v) is 17.9. The SMILES string of the molecule is CC(C)(C)[C@@H]1CCc2c(sc3nc(SCC(=O)N4CCCC4)[nH]c(=O)c23)C1. The molecule has 1 amide bonds. The Morgan fingerprint density at radius 2 is 2.07 bits per heavy atom. The van der Waals surface area contributed by atoms with Crippen molar-refractivity contribution in [1.29, 1.82) is 0 Å². The van der Waals surface area contributed by atoms with E-state index in [1.807, 2.05) is 4.90 Å². The molecule has 1 N–H and O–H groups in total. The number of nitrogens with zero attached hydrogens (tertiary/aromatic N) is 2. The smallest absolute Gasteiger partial charge is 0.260 e. The van der Waals surface area contributed by atoms with Gasteiger partial charge >= 0.3 is 0 Å². The Morgan fingerprint density at radius 1 is 1.33 bits per heavy atom. The van der Waals surface area contributed by atoms with Gasteiger partial charge in [0, 0.05) is 18.0 Å². The van der Waals surface area contributed by atoms with Crippen LogP contribution < -0.4 is 5.56 Å². The van der Waals surface area contributed by atoms with E-state index in [0.29, 0.717) is 16.8 Å². The number of aromatic nitrogens is 2. The van der Waals surface area contributed by atoms with Gasteiger partial charge in [-0.25, -0.2) is 4.98 Å². The molecular formula is C20H27N3O2S2. The van der Waals surface area contributed by atoms with Crippen molar-refractivity contribution in [3.63, 3.8) is 0 Å². The van der Waals surface area contributed by atoms with Gasteiger partial charge in [0.25, 0.3) is 5.56 Å². The van der Waals surface area contributed by atoms with Gasteiger partial charge in [-0.1, -0.05) is 32.5 Å². The summed E-state index contributed by atoms with van der Waals surface area (Å²) in [6.45, 7) is 8.61. The molecule has 4 rings (SSSR count). The Hall–Kier alpha value is -1.34. The summed E-state index contributed by atoms with van der Waals surface area (Å²) in [5, 5.41) is 1.34. The summed E-state index contributed by atoms with van der Waals surface area (Å²) in [5.74, 6) is 1.12. The maximum Gasteiger partial charge on any atom is 0.260 e. The number of hydrogen-bond acceptors (Lipinski definition) is 5. The molecule has 1 atom stereocenters. The van der Waals surface area contributed by atoms with E-state index in [2.05, 4.69) is 30.7 Å². The number of hydrogen-bond donors (Lipinski definition) is 1. The van der Waals surface area contributed by atoms with Crippen molar-refractivity contribution in [3.8, 4) is 0 Å². The van der Waals surface area contributed by atoms with Crippen molar-refractivity contribution in [2.45, 2.75) is 58.0 Å². The number of nitrogens with one attached hydrogen (secondary N) is 1. The number of thioether (sulfide) groups is 1. The van der Waals surface area contributed by atoms with E-state index in [1.54, 1.807) is 11.3 Å². The molecule has 146 valence electrons. The third kappa shape index (κ3) is 3.81. The van der Waals surface area contributed by atoms with Crippen molar-refractivity contribution >= 4 is 39.2 Å². The van der Waals surface area contributed by atoms with Crippen LogP contribution in [-0.2, 0) is 17.6 Å². The van der Waals surface area contributed by atoms with Gasteiger partial charge in [0.05, 0.1) is 11.1 Å². The molecule has 2 aromatic rings.